The van der Waals surface area contributed by atoms with Gasteiger partial charge in [0.15, 0.2) is 5.75 Å². The first kappa shape index (κ1) is 17.8. The highest BCUT2D eigenvalue weighted by Crippen LogP contribution is 2.36. The summed E-state index contributed by atoms with van der Waals surface area (Å²) in [6.45, 7) is 2.05. The number of benzene rings is 1. The second-order valence-electron chi connectivity index (χ2n) is 6.78. The van der Waals surface area contributed by atoms with Crippen molar-refractivity contribution in [2.45, 2.75) is 25.4 Å². The molecule has 6 nitrogen and oxygen atoms in total. The van der Waals surface area contributed by atoms with E-state index in [1.165, 1.54) is 6.07 Å². The minimum atomic E-state index is -0.330. The lowest BCUT2D eigenvalue weighted by Gasteiger charge is -2.14. The first-order valence-corrected chi connectivity index (χ1v) is 9.42. The largest absolute Gasteiger partial charge is 0.503 e. The van der Waals surface area contributed by atoms with Crippen LogP contribution in [0.1, 0.15) is 24.6 Å². The van der Waals surface area contributed by atoms with E-state index >= 15 is 0 Å². The van der Waals surface area contributed by atoms with Gasteiger partial charge in [0.2, 0.25) is 5.43 Å². The van der Waals surface area contributed by atoms with Gasteiger partial charge in [-0.2, -0.15) is 0 Å². The molecule has 0 radical (unpaired) electrons. The molecule has 27 heavy (non-hydrogen) atoms. The van der Waals surface area contributed by atoms with Gasteiger partial charge in [-0.3, -0.25) is 9.78 Å². The summed E-state index contributed by atoms with van der Waals surface area (Å²) in [6.07, 6.45) is 5.51. The third-order valence-corrected chi connectivity index (χ3v) is 4.95. The molecule has 0 bridgehead atoms. The van der Waals surface area contributed by atoms with Crippen LogP contribution >= 0.6 is 11.6 Å². The zero-order valence-corrected chi connectivity index (χ0v) is 15.5. The van der Waals surface area contributed by atoms with Crippen LogP contribution in [-0.2, 0) is 6.54 Å². The zero-order chi connectivity index (χ0) is 18.8. The van der Waals surface area contributed by atoms with Crippen molar-refractivity contribution in [3.63, 3.8) is 0 Å². The number of nitrogens with zero attached hydrogens (tertiary/aromatic N) is 2. The first-order chi connectivity index (χ1) is 13.1. The number of nitrogens with one attached hydrogen (secondary N) is 2. The first-order valence-electron chi connectivity index (χ1n) is 9.05. The predicted octanol–water partition coefficient (Wildman–Crippen LogP) is 3.29. The van der Waals surface area contributed by atoms with Gasteiger partial charge in [-0.1, -0.05) is 11.6 Å². The number of halogens is 1. The van der Waals surface area contributed by atoms with Crippen molar-refractivity contribution in [3.8, 4) is 5.75 Å². The molecule has 0 spiro atoms. The van der Waals surface area contributed by atoms with Gasteiger partial charge < -0.3 is 20.3 Å². The van der Waals surface area contributed by atoms with Crippen LogP contribution in [0.4, 0.5) is 5.69 Å². The number of aromatic nitrogens is 2. The number of anilines is 1. The third-order valence-electron chi connectivity index (χ3n) is 4.71. The van der Waals surface area contributed by atoms with Crippen LogP contribution in [-0.4, -0.2) is 27.7 Å². The van der Waals surface area contributed by atoms with Gasteiger partial charge >= 0.3 is 0 Å². The monoisotopic (exact) mass is 384 g/mol. The number of rotatable bonds is 7. The molecule has 3 aromatic rings. The van der Waals surface area contributed by atoms with E-state index in [1.54, 1.807) is 12.4 Å². The van der Waals surface area contributed by atoms with Gasteiger partial charge in [-0.25, -0.2) is 0 Å². The van der Waals surface area contributed by atoms with Crippen molar-refractivity contribution < 1.29 is 5.11 Å². The van der Waals surface area contributed by atoms with E-state index in [0.29, 0.717) is 17.6 Å². The van der Waals surface area contributed by atoms with Gasteiger partial charge in [0.05, 0.1) is 11.7 Å². The zero-order valence-electron chi connectivity index (χ0n) is 14.8. The fourth-order valence-corrected chi connectivity index (χ4v) is 3.36. The normalized spacial score (nSPS) is 13.8. The highest BCUT2D eigenvalue weighted by molar-refractivity contribution is 6.31. The Morgan fingerprint density at radius 3 is 2.89 bits per heavy atom. The van der Waals surface area contributed by atoms with Crippen molar-refractivity contribution in [2.24, 2.45) is 0 Å². The topological polar surface area (TPSA) is 79.2 Å². The number of aromatic hydroxyl groups is 1. The van der Waals surface area contributed by atoms with Gasteiger partial charge in [0, 0.05) is 59.7 Å². The Kier molecular flexibility index (Phi) is 5.01. The van der Waals surface area contributed by atoms with E-state index in [4.69, 9.17) is 11.6 Å². The average Bonchev–Trinajstić information content (AvgIpc) is 3.49. The van der Waals surface area contributed by atoms with Crippen molar-refractivity contribution in [1.29, 1.82) is 0 Å². The van der Waals surface area contributed by atoms with Gasteiger partial charge in [0.25, 0.3) is 0 Å². The quantitative estimate of drug-likeness (QED) is 0.545. The summed E-state index contributed by atoms with van der Waals surface area (Å²) >= 11 is 6.02. The number of pyridine rings is 2. The second-order valence-corrected chi connectivity index (χ2v) is 7.21. The lowest BCUT2D eigenvalue weighted by atomic mass is 10.2. The Morgan fingerprint density at radius 1 is 1.22 bits per heavy atom. The highest BCUT2D eigenvalue weighted by atomic mass is 35.5. The van der Waals surface area contributed by atoms with E-state index in [0.717, 1.165) is 48.2 Å². The molecule has 7 heteroatoms. The van der Waals surface area contributed by atoms with Gasteiger partial charge in [-0.05, 0) is 37.1 Å². The Morgan fingerprint density at radius 2 is 2.07 bits per heavy atom. The third kappa shape index (κ3) is 4.07. The highest BCUT2D eigenvalue weighted by Gasteiger charge is 2.25. The van der Waals surface area contributed by atoms with Crippen LogP contribution in [0.3, 0.4) is 0 Å². The molecule has 0 atom stereocenters. The van der Waals surface area contributed by atoms with Crippen molar-refractivity contribution >= 4 is 28.2 Å². The van der Waals surface area contributed by atoms with E-state index in [-0.39, 0.29) is 11.2 Å². The van der Waals surface area contributed by atoms with Gasteiger partial charge in [-0.15, -0.1) is 0 Å². The molecule has 140 valence electrons. The molecule has 3 N–H and O–H groups in total. The van der Waals surface area contributed by atoms with Crippen LogP contribution in [0.5, 0.6) is 5.75 Å². The van der Waals surface area contributed by atoms with E-state index in [9.17, 15) is 9.90 Å². The number of fused-ring (bicyclic) bond motifs is 1. The SMILES string of the molecule is O=c1cc(CNCCNc2ccnc3cc(Cl)ccc23)n(C2CC2)cc1O. The van der Waals surface area contributed by atoms with Crippen LogP contribution < -0.4 is 16.1 Å². The molecule has 1 aliphatic rings. The van der Waals surface area contributed by atoms with E-state index < -0.39 is 0 Å². The lowest BCUT2D eigenvalue weighted by molar-refractivity contribution is 0.457. The molecular weight excluding hydrogens is 364 g/mol. The Hall–Kier alpha value is -2.57. The molecular formula is C20H21ClN4O2. The minimum absolute atomic E-state index is 0.183. The Balaban J connectivity index is 1.35. The summed E-state index contributed by atoms with van der Waals surface area (Å²) in [5.74, 6) is -0.183. The summed E-state index contributed by atoms with van der Waals surface area (Å²) < 4.78 is 2.01. The van der Waals surface area contributed by atoms with Crippen LogP contribution in [0, 0.1) is 0 Å². The summed E-state index contributed by atoms with van der Waals surface area (Å²) in [5.41, 5.74) is 2.45. The summed E-state index contributed by atoms with van der Waals surface area (Å²) in [4.78, 5) is 16.1. The molecule has 0 unspecified atom stereocenters. The maximum atomic E-state index is 11.7. The van der Waals surface area contributed by atoms with Crippen LogP contribution in [0.25, 0.3) is 10.9 Å². The summed E-state index contributed by atoms with van der Waals surface area (Å²) in [7, 11) is 0. The molecule has 0 saturated heterocycles. The molecule has 1 saturated carbocycles. The van der Waals surface area contributed by atoms with Crippen molar-refractivity contribution in [1.82, 2.24) is 14.9 Å². The summed E-state index contributed by atoms with van der Waals surface area (Å²) in [5, 5.41) is 18.1. The van der Waals surface area contributed by atoms with Crippen LogP contribution in [0.15, 0.2) is 47.5 Å². The van der Waals surface area contributed by atoms with E-state index in [2.05, 4.69) is 15.6 Å². The molecule has 0 amide bonds. The summed E-state index contributed by atoms with van der Waals surface area (Å²) in [6, 6.07) is 9.54. The standard InChI is InChI=1S/C20H21ClN4O2/c21-13-1-4-16-17(5-6-23-18(16)9-13)24-8-7-22-11-15-10-19(26)20(27)12-25(15)14-2-3-14/h1,4-6,9-10,12,14,22,27H,2-3,7-8,11H2,(H,23,24). The maximum Gasteiger partial charge on any atom is 0.223 e. The van der Waals surface area contributed by atoms with E-state index in [1.807, 2.05) is 28.8 Å². The maximum absolute atomic E-state index is 11.7. The van der Waals surface area contributed by atoms with Gasteiger partial charge in [0.1, 0.15) is 0 Å². The molecule has 4 rings (SSSR count). The molecule has 1 aliphatic carbocycles. The number of hydrogen-bond donors (Lipinski definition) is 3. The van der Waals surface area contributed by atoms with Crippen LogP contribution in [0.2, 0.25) is 5.02 Å². The van der Waals surface area contributed by atoms with Crippen molar-refractivity contribution in [3.05, 3.63) is 63.7 Å². The predicted molar refractivity (Wildman–Crippen MR) is 108 cm³/mol. The molecule has 2 aromatic heterocycles. The smallest absolute Gasteiger partial charge is 0.223 e. The number of hydrogen-bond acceptors (Lipinski definition) is 5. The Bertz CT molecular complexity index is 1030. The minimum Gasteiger partial charge on any atom is -0.503 e. The molecule has 0 aliphatic heterocycles. The average molecular weight is 385 g/mol. The Labute approximate surface area is 161 Å². The second kappa shape index (κ2) is 7.58. The lowest BCUT2D eigenvalue weighted by Crippen LogP contribution is -2.24. The molecule has 1 fully saturated rings. The molecule has 2 heterocycles. The fourth-order valence-electron chi connectivity index (χ4n) is 3.19. The fraction of sp³-hybridized carbons (Fsp3) is 0.300. The molecule has 1 aromatic carbocycles. The van der Waals surface area contributed by atoms with Crippen molar-refractivity contribution in [2.75, 3.05) is 18.4 Å².